The van der Waals surface area contributed by atoms with Crippen molar-refractivity contribution in [2.24, 2.45) is 0 Å². The second-order valence-electron chi connectivity index (χ2n) is 7.39. The second-order valence-corrected chi connectivity index (χ2v) is 8.61. The van der Waals surface area contributed by atoms with E-state index in [0.717, 1.165) is 0 Å². The summed E-state index contributed by atoms with van der Waals surface area (Å²) in [4.78, 5) is 48.3. The number of amides is 3. The summed E-state index contributed by atoms with van der Waals surface area (Å²) in [5.74, 6) is -1.07. The molecule has 176 valence electrons. The monoisotopic (exact) mass is 519 g/mol. The van der Waals surface area contributed by atoms with Gasteiger partial charge in [-0.15, -0.1) is 0 Å². The lowest BCUT2D eigenvalue weighted by Gasteiger charge is -2.24. The molecule has 1 aromatic heterocycles. The van der Waals surface area contributed by atoms with Crippen LogP contribution in [0.3, 0.4) is 0 Å². The first-order valence-corrected chi connectivity index (χ1v) is 11.1. The Morgan fingerprint density at radius 2 is 1.62 bits per heavy atom. The molecule has 1 N–H and O–H groups in total. The molecule has 0 fully saturated rings. The number of carbonyl (C=O) groups is 3. The Bertz CT molecular complexity index is 1220. The maximum absolute atomic E-state index is 13.2. The largest absolute Gasteiger partial charge is 0.331 e. The Balaban J connectivity index is 1.91. The van der Waals surface area contributed by atoms with E-state index < -0.39 is 18.1 Å². The Hall–Kier alpha value is -3.20. The first-order valence-electron chi connectivity index (χ1n) is 9.98. The first-order chi connectivity index (χ1) is 16.2. The topological polar surface area (TPSA) is 95.5 Å². The van der Waals surface area contributed by atoms with Crippen molar-refractivity contribution in [2.45, 2.75) is 13.0 Å². The molecule has 0 unspecified atom stereocenters. The molecule has 0 spiro atoms. The molecular weight excluding hydrogens is 501 g/mol. The highest BCUT2D eigenvalue weighted by molar-refractivity contribution is 6.42. The van der Waals surface area contributed by atoms with E-state index >= 15 is 0 Å². The van der Waals surface area contributed by atoms with Crippen molar-refractivity contribution in [3.8, 4) is 0 Å². The number of nitrogens with one attached hydrogen (secondary N) is 1. The predicted octanol–water partition coefficient (Wildman–Crippen LogP) is 5.34. The van der Waals surface area contributed by atoms with E-state index in [1.54, 1.807) is 50.5 Å². The van der Waals surface area contributed by atoms with E-state index in [-0.39, 0.29) is 23.4 Å². The maximum Gasteiger partial charge on any atom is 0.321 e. The number of aromatic nitrogens is 2. The number of rotatable bonds is 7. The van der Waals surface area contributed by atoms with Crippen LogP contribution in [0.5, 0.6) is 0 Å². The Morgan fingerprint density at radius 3 is 2.24 bits per heavy atom. The lowest BCUT2D eigenvalue weighted by atomic mass is 10.1. The molecule has 0 aliphatic carbocycles. The Morgan fingerprint density at radius 1 is 0.912 bits per heavy atom. The molecule has 3 rings (SSSR count). The molecule has 0 radical (unpaired) electrons. The number of Topliss-reactive ketones (excluding diaryl/α,β-unsaturated/α-hetero) is 1. The van der Waals surface area contributed by atoms with Crippen LogP contribution in [0.1, 0.15) is 22.6 Å². The fourth-order valence-corrected chi connectivity index (χ4v) is 3.44. The molecule has 1 heterocycles. The van der Waals surface area contributed by atoms with Crippen LogP contribution in [0.2, 0.25) is 15.1 Å². The van der Waals surface area contributed by atoms with Crippen LogP contribution in [0.4, 0.5) is 16.2 Å². The number of hydrogen-bond acceptors (Lipinski definition) is 5. The van der Waals surface area contributed by atoms with Crippen LogP contribution >= 0.6 is 34.8 Å². The molecular formula is C23H20Cl3N5O3. The van der Waals surface area contributed by atoms with Crippen LogP contribution in [0.15, 0.2) is 54.9 Å². The van der Waals surface area contributed by atoms with Crippen molar-refractivity contribution in [2.75, 3.05) is 24.3 Å². The van der Waals surface area contributed by atoms with E-state index in [2.05, 4.69) is 15.3 Å². The van der Waals surface area contributed by atoms with E-state index in [9.17, 15) is 14.4 Å². The van der Waals surface area contributed by atoms with Gasteiger partial charge < -0.3 is 15.1 Å². The van der Waals surface area contributed by atoms with Gasteiger partial charge in [0.25, 0.3) is 0 Å². The molecule has 2 aromatic carbocycles. The van der Waals surface area contributed by atoms with Gasteiger partial charge in [-0.2, -0.15) is 0 Å². The van der Waals surface area contributed by atoms with Crippen LogP contribution in [0, 0.1) is 0 Å². The lowest BCUT2D eigenvalue weighted by Crippen LogP contribution is -2.32. The van der Waals surface area contributed by atoms with Gasteiger partial charge in [-0.1, -0.05) is 40.9 Å². The zero-order valence-corrected chi connectivity index (χ0v) is 20.5. The van der Waals surface area contributed by atoms with Crippen molar-refractivity contribution in [1.29, 1.82) is 0 Å². The van der Waals surface area contributed by atoms with Crippen LogP contribution in [-0.2, 0) is 11.3 Å². The molecule has 0 atom stereocenters. The zero-order chi connectivity index (χ0) is 24.8. The van der Waals surface area contributed by atoms with Gasteiger partial charge in [0.15, 0.2) is 5.82 Å². The average molecular weight is 521 g/mol. The molecule has 11 heteroatoms. The van der Waals surface area contributed by atoms with Crippen molar-refractivity contribution < 1.29 is 14.4 Å². The fourth-order valence-electron chi connectivity index (χ4n) is 2.90. The van der Waals surface area contributed by atoms with E-state index in [1.165, 1.54) is 28.3 Å². The normalized spacial score (nSPS) is 10.5. The highest BCUT2D eigenvalue weighted by atomic mass is 35.5. The van der Waals surface area contributed by atoms with Crippen molar-refractivity contribution >= 4 is 63.9 Å². The van der Waals surface area contributed by atoms with Gasteiger partial charge in [-0.3, -0.25) is 9.59 Å². The minimum atomic E-state index is -0.522. The fraction of sp³-hybridized carbons (Fsp3) is 0.174. The van der Waals surface area contributed by atoms with Crippen molar-refractivity contribution in [3.05, 3.63) is 81.3 Å². The number of ketones is 1. The van der Waals surface area contributed by atoms with Gasteiger partial charge in [0, 0.05) is 32.2 Å². The van der Waals surface area contributed by atoms with Gasteiger partial charge in [0.2, 0.25) is 11.7 Å². The maximum atomic E-state index is 13.2. The highest BCUT2D eigenvalue weighted by Crippen LogP contribution is 2.30. The SMILES string of the molecule is CN(C)C(=O)Nc1ccc(N(Cc2ccc(Cl)c(Cl)c2)C(=O)CC(=O)c2ncccn2)cc1Cl. The summed E-state index contributed by atoms with van der Waals surface area (Å²) < 4.78 is 0. The summed E-state index contributed by atoms with van der Waals surface area (Å²) in [6.07, 6.45) is 2.40. The molecule has 3 amide bonds. The average Bonchev–Trinajstić information content (AvgIpc) is 2.81. The number of nitrogens with zero attached hydrogens (tertiary/aromatic N) is 4. The van der Waals surface area contributed by atoms with Gasteiger partial charge >= 0.3 is 6.03 Å². The summed E-state index contributed by atoms with van der Waals surface area (Å²) in [7, 11) is 3.20. The Labute approximate surface area is 211 Å². The van der Waals surface area contributed by atoms with Crippen LogP contribution in [0.25, 0.3) is 0 Å². The van der Waals surface area contributed by atoms with Gasteiger partial charge in [-0.25, -0.2) is 14.8 Å². The zero-order valence-electron chi connectivity index (χ0n) is 18.3. The van der Waals surface area contributed by atoms with Crippen molar-refractivity contribution in [1.82, 2.24) is 14.9 Å². The predicted molar refractivity (Wildman–Crippen MR) is 133 cm³/mol. The van der Waals surface area contributed by atoms with E-state index in [1.807, 2.05) is 0 Å². The highest BCUT2D eigenvalue weighted by Gasteiger charge is 2.23. The lowest BCUT2D eigenvalue weighted by molar-refractivity contribution is -0.117. The quantitative estimate of drug-likeness (QED) is 0.335. The number of urea groups is 1. The first kappa shape index (κ1) is 25.4. The van der Waals surface area contributed by atoms with E-state index in [4.69, 9.17) is 34.8 Å². The van der Waals surface area contributed by atoms with Crippen LogP contribution < -0.4 is 10.2 Å². The number of carbonyl (C=O) groups excluding carboxylic acids is 3. The van der Waals surface area contributed by atoms with Gasteiger partial charge in [0.05, 0.1) is 33.7 Å². The minimum absolute atomic E-state index is 0.0508. The number of hydrogen-bond donors (Lipinski definition) is 1. The third-order valence-corrected chi connectivity index (χ3v) is 5.72. The number of halogens is 3. The van der Waals surface area contributed by atoms with E-state index in [0.29, 0.717) is 27.0 Å². The van der Waals surface area contributed by atoms with Crippen molar-refractivity contribution in [3.63, 3.8) is 0 Å². The van der Waals surface area contributed by atoms with Gasteiger partial charge in [-0.05, 0) is 42.0 Å². The smallest absolute Gasteiger partial charge is 0.321 e. The molecule has 0 aliphatic rings. The Kier molecular flexibility index (Phi) is 8.44. The molecule has 34 heavy (non-hydrogen) atoms. The summed E-state index contributed by atoms with van der Waals surface area (Å²) in [6, 6.07) is 10.9. The standard InChI is InChI=1S/C23H20Cl3N5O3/c1-30(2)23(34)29-19-7-5-15(11-18(19)26)31(13-14-4-6-16(24)17(25)10-14)21(33)12-20(32)22-27-8-3-9-28-22/h3-11H,12-13H2,1-2H3,(H,29,34). The molecule has 0 aliphatic heterocycles. The molecule has 8 nitrogen and oxygen atoms in total. The summed E-state index contributed by atoms with van der Waals surface area (Å²) >= 11 is 18.5. The third kappa shape index (κ3) is 6.44. The minimum Gasteiger partial charge on any atom is -0.331 e. The van der Waals surface area contributed by atoms with Gasteiger partial charge in [0.1, 0.15) is 0 Å². The van der Waals surface area contributed by atoms with Crippen LogP contribution in [-0.4, -0.2) is 46.7 Å². The summed E-state index contributed by atoms with van der Waals surface area (Å²) in [6.45, 7) is 0.0956. The molecule has 0 saturated carbocycles. The molecule has 0 bridgehead atoms. The third-order valence-electron chi connectivity index (χ3n) is 4.66. The number of benzene rings is 2. The summed E-state index contributed by atoms with van der Waals surface area (Å²) in [5, 5.41) is 3.60. The summed E-state index contributed by atoms with van der Waals surface area (Å²) in [5.41, 5.74) is 1.48. The molecule has 0 saturated heterocycles. The number of anilines is 2. The molecule has 3 aromatic rings. The second kappa shape index (κ2) is 11.3.